The van der Waals surface area contributed by atoms with Gasteiger partial charge in [-0.05, 0) is 53.2 Å². The van der Waals surface area contributed by atoms with Gasteiger partial charge in [-0.25, -0.2) is 17.6 Å². The lowest BCUT2D eigenvalue weighted by Crippen LogP contribution is -1.93. The highest BCUT2D eigenvalue weighted by Gasteiger charge is 2.09. The molecule has 156 valence electrons. The third-order valence-corrected chi connectivity index (χ3v) is 4.70. The molecule has 0 spiro atoms. The van der Waals surface area contributed by atoms with Crippen molar-refractivity contribution < 1.29 is 22.3 Å². The van der Waals surface area contributed by atoms with Gasteiger partial charge in [0.15, 0.2) is 0 Å². The maximum atomic E-state index is 14.5. The van der Waals surface area contributed by atoms with Crippen molar-refractivity contribution in [2.24, 2.45) is 0 Å². The quantitative estimate of drug-likeness (QED) is 0.258. The number of ether oxygens (including phenoxy) is 1. The topological polar surface area (TPSA) is 9.23 Å². The highest BCUT2D eigenvalue weighted by Crippen LogP contribution is 2.20. The first-order valence-electron chi connectivity index (χ1n) is 9.49. The monoisotopic (exact) mass is 430 g/mol. The Kier molecular flexibility index (Phi) is 5.83. The summed E-state index contributed by atoms with van der Waals surface area (Å²) < 4.78 is 60.5. The molecule has 0 fully saturated rings. The number of methoxy groups -OCH3 is 1. The van der Waals surface area contributed by atoms with Gasteiger partial charge in [0.25, 0.3) is 0 Å². The van der Waals surface area contributed by atoms with Crippen molar-refractivity contribution in [3.05, 3.63) is 112 Å². The number of halogens is 4. The Morgan fingerprint density at radius 1 is 0.594 bits per heavy atom. The van der Waals surface area contributed by atoms with Crippen LogP contribution in [0.3, 0.4) is 0 Å². The molecule has 0 saturated carbocycles. The molecule has 0 unspecified atom stereocenters. The molecule has 4 rings (SSSR count). The van der Waals surface area contributed by atoms with Gasteiger partial charge >= 0.3 is 0 Å². The summed E-state index contributed by atoms with van der Waals surface area (Å²) in [6, 6.07) is 15.9. The molecular weight excluding hydrogens is 416 g/mol. The molecule has 0 aromatic heterocycles. The molecule has 0 aliphatic rings. The van der Waals surface area contributed by atoms with E-state index in [0.29, 0.717) is 5.56 Å². The Morgan fingerprint density at radius 2 is 1.22 bits per heavy atom. The van der Waals surface area contributed by atoms with E-state index in [1.165, 1.54) is 31.4 Å². The van der Waals surface area contributed by atoms with E-state index in [1.54, 1.807) is 24.3 Å². The first-order chi connectivity index (χ1) is 15.4. The van der Waals surface area contributed by atoms with E-state index < -0.39 is 23.0 Å². The first-order valence-corrected chi connectivity index (χ1v) is 9.49. The Morgan fingerprint density at radius 3 is 1.94 bits per heavy atom. The van der Waals surface area contributed by atoms with Crippen molar-refractivity contribution in [1.29, 1.82) is 0 Å². The summed E-state index contributed by atoms with van der Waals surface area (Å²) in [6.07, 6.45) is 0. The molecule has 0 aliphatic heterocycles. The summed E-state index contributed by atoms with van der Waals surface area (Å²) in [5, 5.41) is 1.57. The molecule has 0 radical (unpaired) electrons. The van der Waals surface area contributed by atoms with E-state index in [9.17, 15) is 17.6 Å². The van der Waals surface area contributed by atoms with Crippen LogP contribution in [0.15, 0.2) is 66.7 Å². The van der Waals surface area contributed by atoms with Crippen molar-refractivity contribution in [3.8, 4) is 29.4 Å². The Balaban J connectivity index is 1.58. The van der Waals surface area contributed by atoms with Gasteiger partial charge in [-0.3, -0.25) is 0 Å². The molecular formula is C27H14F4O. The molecule has 1 nitrogen and oxygen atoms in total. The van der Waals surface area contributed by atoms with Crippen molar-refractivity contribution in [1.82, 2.24) is 0 Å². The van der Waals surface area contributed by atoms with Gasteiger partial charge in [0.2, 0.25) is 0 Å². The molecule has 0 bridgehead atoms. The summed E-state index contributed by atoms with van der Waals surface area (Å²) in [6.45, 7) is 0. The van der Waals surface area contributed by atoms with Gasteiger partial charge in [0.05, 0.1) is 18.2 Å². The number of rotatable bonds is 1. The van der Waals surface area contributed by atoms with Crippen molar-refractivity contribution in [2.75, 3.05) is 7.11 Å². The smallest absolute Gasteiger partial charge is 0.145 e. The van der Waals surface area contributed by atoms with Crippen molar-refractivity contribution >= 4 is 10.8 Å². The fraction of sp³-hybridized carbons (Fsp3) is 0.0370. The minimum atomic E-state index is -0.865. The molecule has 0 aliphatic carbocycles. The second kappa shape index (κ2) is 8.88. The summed E-state index contributed by atoms with van der Waals surface area (Å²) in [5.74, 6) is 7.96. The molecule has 0 heterocycles. The van der Waals surface area contributed by atoms with Gasteiger partial charge < -0.3 is 4.74 Å². The van der Waals surface area contributed by atoms with Crippen LogP contribution in [0.25, 0.3) is 10.8 Å². The van der Waals surface area contributed by atoms with Crippen LogP contribution >= 0.6 is 0 Å². The molecule has 4 aromatic rings. The Hall–Kier alpha value is -4.22. The van der Waals surface area contributed by atoms with Crippen LogP contribution in [0.5, 0.6) is 5.75 Å². The van der Waals surface area contributed by atoms with Gasteiger partial charge in [0.1, 0.15) is 29.0 Å². The zero-order chi connectivity index (χ0) is 22.7. The number of hydrogen-bond acceptors (Lipinski definition) is 1. The van der Waals surface area contributed by atoms with E-state index in [-0.39, 0.29) is 22.7 Å². The third-order valence-electron chi connectivity index (χ3n) is 4.70. The summed E-state index contributed by atoms with van der Waals surface area (Å²) in [4.78, 5) is 0. The van der Waals surface area contributed by atoms with Crippen LogP contribution in [0, 0.1) is 47.0 Å². The average Bonchev–Trinajstić information content (AvgIpc) is 2.77. The fourth-order valence-electron chi connectivity index (χ4n) is 3.05. The summed E-state index contributed by atoms with van der Waals surface area (Å²) in [5.41, 5.74) is 0.621. The lowest BCUT2D eigenvalue weighted by atomic mass is 10.1. The van der Waals surface area contributed by atoms with Gasteiger partial charge in [-0.15, -0.1) is 0 Å². The molecule has 32 heavy (non-hydrogen) atoms. The molecule has 0 N–H and O–H groups in total. The van der Waals surface area contributed by atoms with Gasteiger partial charge in [-0.1, -0.05) is 35.8 Å². The Labute approximate surface area is 182 Å². The minimum absolute atomic E-state index is 0.0399. The van der Waals surface area contributed by atoms with Crippen LogP contribution in [0.2, 0.25) is 0 Å². The van der Waals surface area contributed by atoms with Crippen LogP contribution in [0.4, 0.5) is 17.6 Å². The van der Waals surface area contributed by atoms with Crippen molar-refractivity contribution in [3.63, 3.8) is 0 Å². The number of hydrogen-bond donors (Lipinski definition) is 0. The maximum absolute atomic E-state index is 14.5. The summed E-state index contributed by atoms with van der Waals surface area (Å²) in [7, 11) is 1.30. The lowest BCUT2D eigenvalue weighted by Gasteiger charge is -2.02. The highest BCUT2D eigenvalue weighted by molar-refractivity contribution is 5.84. The van der Waals surface area contributed by atoms with E-state index in [0.717, 1.165) is 29.0 Å². The van der Waals surface area contributed by atoms with E-state index in [1.807, 2.05) is 0 Å². The summed E-state index contributed by atoms with van der Waals surface area (Å²) >= 11 is 0. The number of fused-ring (bicyclic) bond motifs is 1. The zero-order valence-electron chi connectivity index (χ0n) is 16.8. The third kappa shape index (κ3) is 4.58. The predicted molar refractivity (Wildman–Crippen MR) is 115 cm³/mol. The van der Waals surface area contributed by atoms with Crippen LogP contribution in [-0.2, 0) is 0 Å². The molecule has 0 amide bonds. The lowest BCUT2D eigenvalue weighted by molar-refractivity contribution is 0.406. The van der Waals surface area contributed by atoms with Gasteiger partial charge in [-0.2, -0.15) is 0 Å². The second-order valence-corrected chi connectivity index (χ2v) is 6.87. The molecule has 4 aromatic carbocycles. The van der Waals surface area contributed by atoms with Gasteiger partial charge in [0, 0.05) is 23.3 Å². The number of benzene rings is 4. The SMILES string of the molecule is COc1cc(F)c(C#Cc2ccc(C#Cc3ccc4cc(F)ccc4c3)c(F)c2)c(F)c1. The molecule has 0 atom stereocenters. The minimum Gasteiger partial charge on any atom is -0.497 e. The van der Waals surface area contributed by atoms with E-state index >= 15 is 0 Å². The second-order valence-electron chi connectivity index (χ2n) is 6.87. The maximum Gasteiger partial charge on any atom is 0.145 e. The molecule has 5 heteroatoms. The molecule has 0 saturated heterocycles. The van der Waals surface area contributed by atoms with E-state index in [2.05, 4.69) is 23.7 Å². The standard InChI is InChI=1S/C27H14F4O/c1-32-23-15-26(30)24(27(31)16-23)11-5-18-3-7-19(25(29)13-18)6-2-17-4-8-21-14-22(28)10-9-20(21)12-17/h3-4,7-10,12-16H,1H3. The first kappa shape index (κ1) is 21.0. The zero-order valence-corrected chi connectivity index (χ0v) is 16.8. The highest BCUT2D eigenvalue weighted by atomic mass is 19.1. The van der Waals surface area contributed by atoms with Crippen LogP contribution in [0.1, 0.15) is 22.3 Å². The predicted octanol–water partition coefficient (Wildman–Crippen LogP) is 6.20. The average molecular weight is 430 g/mol. The normalized spacial score (nSPS) is 10.2. The van der Waals surface area contributed by atoms with E-state index in [4.69, 9.17) is 4.74 Å². The Bertz CT molecular complexity index is 1440. The van der Waals surface area contributed by atoms with Crippen molar-refractivity contribution in [2.45, 2.75) is 0 Å². The largest absolute Gasteiger partial charge is 0.497 e. The van der Waals surface area contributed by atoms with Crippen LogP contribution < -0.4 is 4.74 Å². The van der Waals surface area contributed by atoms with Crippen LogP contribution in [-0.4, -0.2) is 7.11 Å². The fourth-order valence-corrected chi connectivity index (χ4v) is 3.05.